The van der Waals surface area contributed by atoms with Crippen LogP contribution >= 0.6 is 0 Å². The first kappa shape index (κ1) is 16.6. The van der Waals surface area contributed by atoms with Crippen molar-refractivity contribution in [1.82, 2.24) is 9.88 Å². The molecule has 120 valence electrons. The number of halogens is 1. The van der Waals surface area contributed by atoms with Gasteiger partial charge in [-0.3, -0.25) is 14.6 Å². The summed E-state index contributed by atoms with van der Waals surface area (Å²) in [5.41, 5.74) is 1.35. The van der Waals surface area contributed by atoms with E-state index in [-0.39, 0.29) is 18.2 Å². The summed E-state index contributed by atoms with van der Waals surface area (Å²) in [6.07, 6.45) is 3.45. The van der Waals surface area contributed by atoms with Crippen LogP contribution in [-0.4, -0.2) is 28.2 Å². The number of carbonyl (C=O) groups is 2. The average molecular weight is 315 g/mol. The van der Waals surface area contributed by atoms with Gasteiger partial charge in [0.05, 0.1) is 0 Å². The Labute approximate surface area is 134 Å². The zero-order valence-electron chi connectivity index (χ0n) is 12.8. The molecule has 6 heteroatoms. The molecule has 23 heavy (non-hydrogen) atoms. The molecule has 1 N–H and O–H groups in total. The third-order valence-corrected chi connectivity index (χ3v) is 3.29. The first-order valence-corrected chi connectivity index (χ1v) is 7.24. The lowest BCUT2D eigenvalue weighted by Gasteiger charge is -2.20. The van der Waals surface area contributed by atoms with Crippen molar-refractivity contribution in [2.24, 2.45) is 0 Å². The van der Waals surface area contributed by atoms with Crippen molar-refractivity contribution in [2.75, 3.05) is 11.9 Å². The first-order chi connectivity index (χ1) is 11.0. The predicted molar refractivity (Wildman–Crippen MR) is 85.0 cm³/mol. The number of pyridine rings is 1. The van der Waals surface area contributed by atoms with Crippen LogP contribution in [0.1, 0.15) is 18.9 Å². The number of anilines is 1. The maximum absolute atomic E-state index is 13.1. The molecule has 0 saturated carbocycles. The van der Waals surface area contributed by atoms with Crippen molar-refractivity contribution in [2.45, 2.75) is 19.9 Å². The van der Waals surface area contributed by atoms with E-state index >= 15 is 0 Å². The van der Waals surface area contributed by atoms with Crippen molar-refractivity contribution in [3.05, 3.63) is 60.2 Å². The third kappa shape index (κ3) is 5.50. The molecule has 2 aromatic rings. The standard InChI is InChI=1S/C17H18FN3O2/c1-13(22)21(12-14-5-8-19-9-6-14)10-7-17(23)20-16-4-2-3-15(18)11-16/h2-6,8-9,11H,7,10,12H2,1H3,(H,20,23). The number of hydrogen-bond donors (Lipinski definition) is 1. The topological polar surface area (TPSA) is 62.3 Å². The van der Waals surface area contributed by atoms with Gasteiger partial charge in [0.1, 0.15) is 5.82 Å². The lowest BCUT2D eigenvalue weighted by atomic mass is 10.2. The Morgan fingerprint density at radius 2 is 1.96 bits per heavy atom. The monoisotopic (exact) mass is 315 g/mol. The number of benzene rings is 1. The Morgan fingerprint density at radius 1 is 1.22 bits per heavy atom. The molecule has 0 radical (unpaired) electrons. The highest BCUT2D eigenvalue weighted by molar-refractivity contribution is 5.91. The molecule has 5 nitrogen and oxygen atoms in total. The number of nitrogens with zero attached hydrogens (tertiary/aromatic N) is 2. The van der Waals surface area contributed by atoms with Crippen LogP contribution in [0.25, 0.3) is 0 Å². The van der Waals surface area contributed by atoms with Crippen molar-refractivity contribution in [3.8, 4) is 0 Å². The molecule has 0 unspecified atom stereocenters. The maximum Gasteiger partial charge on any atom is 0.226 e. The highest BCUT2D eigenvalue weighted by Crippen LogP contribution is 2.10. The van der Waals surface area contributed by atoms with Crippen molar-refractivity contribution in [1.29, 1.82) is 0 Å². The molecule has 0 saturated heterocycles. The summed E-state index contributed by atoms with van der Waals surface area (Å²) < 4.78 is 13.1. The van der Waals surface area contributed by atoms with Crippen molar-refractivity contribution >= 4 is 17.5 Å². The molecule has 0 aliphatic heterocycles. The van der Waals surface area contributed by atoms with E-state index in [4.69, 9.17) is 0 Å². The van der Waals surface area contributed by atoms with E-state index in [1.54, 1.807) is 23.4 Å². The molecule has 0 atom stereocenters. The fraction of sp³-hybridized carbons (Fsp3) is 0.235. The molecule has 0 fully saturated rings. The third-order valence-electron chi connectivity index (χ3n) is 3.29. The Balaban J connectivity index is 1.88. The zero-order chi connectivity index (χ0) is 16.7. The van der Waals surface area contributed by atoms with Crippen LogP contribution in [0.2, 0.25) is 0 Å². The zero-order valence-corrected chi connectivity index (χ0v) is 12.8. The largest absolute Gasteiger partial charge is 0.338 e. The van der Waals surface area contributed by atoms with Gasteiger partial charge < -0.3 is 10.2 Å². The van der Waals surface area contributed by atoms with Gasteiger partial charge in [0, 0.05) is 44.5 Å². The molecule has 2 rings (SSSR count). The van der Waals surface area contributed by atoms with Gasteiger partial charge in [0.25, 0.3) is 0 Å². The van der Waals surface area contributed by atoms with Crippen LogP contribution in [0.4, 0.5) is 10.1 Å². The molecule has 0 aliphatic rings. The van der Waals surface area contributed by atoms with Gasteiger partial charge in [-0.15, -0.1) is 0 Å². The lowest BCUT2D eigenvalue weighted by molar-refractivity contribution is -0.129. The minimum Gasteiger partial charge on any atom is -0.338 e. The van der Waals surface area contributed by atoms with Gasteiger partial charge in [-0.1, -0.05) is 6.07 Å². The van der Waals surface area contributed by atoms with Gasteiger partial charge in [-0.25, -0.2) is 4.39 Å². The Morgan fingerprint density at radius 3 is 2.61 bits per heavy atom. The van der Waals surface area contributed by atoms with Gasteiger partial charge in [0.15, 0.2) is 0 Å². The van der Waals surface area contributed by atoms with E-state index in [2.05, 4.69) is 10.3 Å². The molecule has 0 bridgehead atoms. The number of carbonyl (C=O) groups excluding carboxylic acids is 2. The summed E-state index contributed by atoms with van der Waals surface area (Å²) in [7, 11) is 0. The van der Waals surface area contributed by atoms with E-state index in [0.717, 1.165) is 5.56 Å². The van der Waals surface area contributed by atoms with E-state index in [1.165, 1.54) is 25.1 Å². The molecule has 2 amide bonds. The van der Waals surface area contributed by atoms with Crippen LogP contribution in [0.15, 0.2) is 48.8 Å². The lowest BCUT2D eigenvalue weighted by Crippen LogP contribution is -2.31. The molecule has 1 aromatic carbocycles. The molecule has 0 spiro atoms. The Kier molecular flexibility index (Phi) is 5.80. The molecule has 0 aliphatic carbocycles. The summed E-state index contributed by atoms with van der Waals surface area (Å²) in [6.45, 7) is 2.18. The van der Waals surface area contributed by atoms with Crippen molar-refractivity contribution in [3.63, 3.8) is 0 Å². The quantitative estimate of drug-likeness (QED) is 0.891. The van der Waals surface area contributed by atoms with E-state index in [0.29, 0.717) is 18.8 Å². The van der Waals surface area contributed by atoms with E-state index in [1.807, 2.05) is 12.1 Å². The van der Waals surface area contributed by atoms with Gasteiger partial charge in [-0.2, -0.15) is 0 Å². The molecule has 1 aromatic heterocycles. The SMILES string of the molecule is CC(=O)N(CCC(=O)Nc1cccc(F)c1)Cc1ccncc1. The highest BCUT2D eigenvalue weighted by atomic mass is 19.1. The minimum absolute atomic E-state index is 0.111. The normalized spacial score (nSPS) is 10.2. The molecule has 1 heterocycles. The van der Waals surface area contributed by atoms with Crippen LogP contribution in [0, 0.1) is 5.82 Å². The second-order valence-electron chi connectivity index (χ2n) is 5.10. The summed E-state index contributed by atoms with van der Waals surface area (Å²) in [5, 5.41) is 2.61. The number of hydrogen-bond acceptors (Lipinski definition) is 3. The van der Waals surface area contributed by atoms with Gasteiger partial charge in [-0.05, 0) is 35.9 Å². The van der Waals surface area contributed by atoms with Crippen LogP contribution in [-0.2, 0) is 16.1 Å². The maximum atomic E-state index is 13.1. The molecular weight excluding hydrogens is 297 g/mol. The summed E-state index contributed by atoms with van der Waals surface area (Å²) in [5.74, 6) is -0.789. The summed E-state index contributed by atoms with van der Waals surface area (Å²) >= 11 is 0. The summed E-state index contributed by atoms with van der Waals surface area (Å²) in [4.78, 5) is 29.1. The van der Waals surface area contributed by atoms with Gasteiger partial charge in [0.2, 0.25) is 11.8 Å². The van der Waals surface area contributed by atoms with Crippen LogP contribution in [0.5, 0.6) is 0 Å². The van der Waals surface area contributed by atoms with E-state index < -0.39 is 5.82 Å². The number of nitrogens with one attached hydrogen (secondary N) is 1. The summed E-state index contributed by atoms with van der Waals surface area (Å²) in [6, 6.07) is 9.34. The van der Waals surface area contributed by atoms with Gasteiger partial charge >= 0.3 is 0 Å². The predicted octanol–water partition coefficient (Wildman–Crippen LogP) is 2.60. The fourth-order valence-electron chi connectivity index (χ4n) is 2.08. The second-order valence-corrected chi connectivity index (χ2v) is 5.10. The number of amides is 2. The number of rotatable bonds is 6. The number of aromatic nitrogens is 1. The average Bonchev–Trinajstić information content (AvgIpc) is 2.52. The van der Waals surface area contributed by atoms with Crippen LogP contribution < -0.4 is 5.32 Å². The Hall–Kier alpha value is -2.76. The Bertz CT molecular complexity index is 677. The first-order valence-electron chi connectivity index (χ1n) is 7.24. The van der Waals surface area contributed by atoms with Crippen molar-refractivity contribution < 1.29 is 14.0 Å². The van der Waals surface area contributed by atoms with E-state index in [9.17, 15) is 14.0 Å². The minimum atomic E-state index is -0.411. The smallest absolute Gasteiger partial charge is 0.226 e. The van der Waals surface area contributed by atoms with Crippen LogP contribution in [0.3, 0.4) is 0 Å². The highest BCUT2D eigenvalue weighted by Gasteiger charge is 2.12. The second kappa shape index (κ2) is 8.03. The fourth-order valence-corrected chi connectivity index (χ4v) is 2.08. The molecular formula is C17H18FN3O2.